The summed E-state index contributed by atoms with van der Waals surface area (Å²) in [4.78, 5) is 13.9. The molecule has 0 aromatic carbocycles. The number of aryl methyl sites for hydroxylation is 1. The van der Waals surface area contributed by atoms with Crippen LogP contribution in [0.4, 0.5) is 0 Å². The van der Waals surface area contributed by atoms with Crippen LogP contribution in [0.5, 0.6) is 0 Å². The molecule has 0 saturated carbocycles. The second-order valence-corrected chi connectivity index (χ2v) is 3.83. The molecule has 2 heterocycles. The third-order valence-corrected chi connectivity index (χ3v) is 2.50. The molecular weight excluding hydrogens is 192 g/mol. The Labute approximate surface area is 89.6 Å². The van der Waals surface area contributed by atoms with Gasteiger partial charge in [0, 0.05) is 16.2 Å². The molecule has 0 aliphatic heterocycles. The van der Waals surface area contributed by atoms with Gasteiger partial charge in [-0.05, 0) is 18.6 Å². The number of nitrogens with zero attached hydrogens (tertiary/aromatic N) is 3. The van der Waals surface area contributed by atoms with E-state index in [0.717, 1.165) is 27.3 Å². The largest absolute Gasteiger partial charge is 0.248 e. The standard InChI is InChI=1S/C8H9B2N3S/c1-3-7(10)13-8-6(11-3)4(14)2-5(9)12-8/h2H,9-10H2,1H3,(H,12,13,14). The van der Waals surface area contributed by atoms with Gasteiger partial charge >= 0.3 is 0 Å². The molecule has 0 N–H and O–H groups in total. The normalized spacial score (nSPS) is 10.7. The Bertz CT molecular complexity index is 515. The predicted octanol–water partition coefficient (Wildman–Crippen LogP) is -1.86. The Morgan fingerprint density at radius 1 is 1.21 bits per heavy atom. The van der Waals surface area contributed by atoms with E-state index >= 15 is 0 Å². The first-order valence-corrected chi connectivity index (χ1v) is 4.84. The first-order valence-electron chi connectivity index (χ1n) is 4.39. The number of rotatable bonds is 0. The highest BCUT2D eigenvalue weighted by Crippen LogP contribution is 2.13. The van der Waals surface area contributed by atoms with Crippen LogP contribution in [0, 0.1) is 6.92 Å². The van der Waals surface area contributed by atoms with Crippen molar-refractivity contribution in [3.63, 3.8) is 0 Å². The molecule has 0 unspecified atom stereocenters. The Kier molecular flexibility index (Phi) is 2.23. The lowest BCUT2D eigenvalue weighted by Gasteiger charge is -2.04. The zero-order valence-corrected chi connectivity index (χ0v) is 9.26. The van der Waals surface area contributed by atoms with Crippen molar-refractivity contribution in [3.8, 4) is 0 Å². The van der Waals surface area contributed by atoms with E-state index in [0.29, 0.717) is 5.65 Å². The molecule has 0 amide bonds. The highest BCUT2D eigenvalue weighted by atomic mass is 32.1. The van der Waals surface area contributed by atoms with Gasteiger partial charge in [0.1, 0.15) is 5.52 Å². The molecule has 2 aromatic heterocycles. The topological polar surface area (TPSA) is 38.7 Å². The molecule has 0 bridgehead atoms. The van der Waals surface area contributed by atoms with Crippen LogP contribution in [0.15, 0.2) is 11.0 Å². The van der Waals surface area contributed by atoms with Crippen molar-refractivity contribution >= 4 is 50.7 Å². The maximum absolute atomic E-state index is 4.41. The first kappa shape index (κ1) is 9.52. The third kappa shape index (κ3) is 1.50. The minimum Gasteiger partial charge on any atom is -0.248 e. The van der Waals surface area contributed by atoms with Gasteiger partial charge in [0.05, 0.1) is 0 Å². The van der Waals surface area contributed by atoms with Crippen molar-refractivity contribution in [1.82, 2.24) is 15.0 Å². The molecule has 0 radical (unpaired) electrons. The Hall–Kier alpha value is -1.03. The van der Waals surface area contributed by atoms with Gasteiger partial charge in [0.15, 0.2) is 21.3 Å². The fraction of sp³-hybridized carbons (Fsp3) is 0.125. The maximum atomic E-state index is 4.41. The molecule has 14 heavy (non-hydrogen) atoms. The van der Waals surface area contributed by atoms with Crippen molar-refractivity contribution in [2.45, 2.75) is 11.8 Å². The number of hydrogen-bond donors (Lipinski definition) is 1. The second-order valence-electron chi connectivity index (χ2n) is 3.35. The zero-order chi connectivity index (χ0) is 10.3. The smallest absolute Gasteiger partial charge is 0.178 e. The van der Waals surface area contributed by atoms with Crippen molar-refractivity contribution in [1.29, 1.82) is 0 Å². The Morgan fingerprint density at radius 3 is 2.64 bits per heavy atom. The predicted molar refractivity (Wildman–Crippen MR) is 65.7 cm³/mol. The summed E-state index contributed by atoms with van der Waals surface area (Å²) in [6.45, 7) is 1.94. The summed E-state index contributed by atoms with van der Waals surface area (Å²) in [6, 6.07) is 1.90. The van der Waals surface area contributed by atoms with Gasteiger partial charge in [-0.15, -0.1) is 12.6 Å². The lowest BCUT2D eigenvalue weighted by molar-refractivity contribution is 1.17. The number of fused-ring (bicyclic) bond motifs is 1. The van der Waals surface area contributed by atoms with E-state index in [9.17, 15) is 0 Å². The van der Waals surface area contributed by atoms with Gasteiger partial charge in [-0.1, -0.05) is 0 Å². The van der Waals surface area contributed by atoms with Crippen LogP contribution in [0.25, 0.3) is 11.2 Å². The summed E-state index contributed by atoms with van der Waals surface area (Å²) in [7, 11) is 3.86. The minimum absolute atomic E-state index is 0.679. The lowest BCUT2D eigenvalue weighted by Crippen LogP contribution is -2.18. The fourth-order valence-electron chi connectivity index (χ4n) is 1.31. The zero-order valence-electron chi connectivity index (χ0n) is 8.37. The molecule has 0 aliphatic rings. The molecule has 2 rings (SSSR count). The van der Waals surface area contributed by atoms with Gasteiger partial charge in [-0.2, -0.15) is 0 Å². The number of hydrogen-bond acceptors (Lipinski definition) is 4. The molecule has 2 aromatic rings. The van der Waals surface area contributed by atoms with E-state index in [2.05, 4.69) is 27.6 Å². The number of thiol groups is 1. The second kappa shape index (κ2) is 3.28. The molecule has 0 saturated heterocycles. The monoisotopic (exact) mass is 201 g/mol. The van der Waals surface area contributed by atoms with E-state index in [1.807, 2.05) is 28.7 Å². The summed E-state index contributed by atoms with van der Waals surface area (Å²) < 4.78 is 0. The van der Waals surface area contributed by atoms with Gasteiger partial charge in [-0.3, -0.25) is 0 Å². The first-order chi connectivity index (χ1) is 6.58. The molecule has 68 valence electrons. The summed E-state index contributed by atoms with van der Waals surface area (Å²) in [5.74, 6) is 0. The van der Waals surface area contributed by atoms with Gasteiger partial charge in [-0.25, -0.2) is 15.0 Å². The van der Waals surface area contributed by atoms with Crippen molar-refractivity contribution in [2.75, 3.05) is 0 Å². The van der Waals surface area contributed by atoms with Crippen molar-refractivity contribution < 1.29 is 0 Å². The van der Waals surface area contributed by atoms with Crippen LogP contribution in [0.3, 0.4) is 0 Å². The van der Waals surface area contributed by atoms with Crippen molar-refractivity contribution in [2.24, 2.45) is 0 Å². The Morgan fingerprint density at radius 2 is 1.93 bits per heavy atom. The average Bonchev–Trinajstić information content (AvgIpc) is 2.08. The quantitative estimate of drug-likeness (QED) is 0.401. The molecule has 0 atom stereocenters. The van der Waals surface area contributed by atoms with Crippen molar-refractivity contribution in [3.05, 3.63) is 11.8 Å². The fourth-order valence-corrected chi connectivity index (χ4v) is 1.64. The Balaban J connectivity index is 2.89. The molecule has 0 spiro atoms. The van der Waals surface area contributed by atoms with E-state index in [1.54, 1.807) is 0 Å². The highest BCUT2D eigenvalue weighted by Gasteiger charge is 2.05. The van der Waals surface area contributed by atoms with E-state index in [4.69, 9.17) is 0 Å². The van der Waals surface area contributed by atoms with Crippen LogP contribution in [-0.2, 0) is 0 Å². The van der Waals surface area contributed by atoms with Gasteiger partial charge in [0.25, 0.3) is 0 Å². The van der Waals surface area contributed by atoms with E-state index in [-0.39, 0.29) is 0 Å². The molecule has 6 heteroatoms. The van der Waals surface area contributed by atoms with E-state index in [1.165, 1.54) is 0 Å². The minimum atomic E-state index is 0.679. The molecule has 0 aliphatic carbocycles. The molecule has 3 nitrogen and oxygen atoms in total. The molecule has 0 fully saturated rings. The van der Waals surface area contributed by atoms with Gasteiger partial charge in [0.2, 0.25) is 0 Å². The van der Waals surface area contributed by atoms with Crippen LogP contribution >= 0.6 is 12.6 Å². The van der Waals surface area contributed by atoms with Gasteiger partial charge < -0.3 is 0 Å². The maximum Gasteiger partial charge on any atom is 0.178 e. The van der Waals surface area contributed by atoms with E-state index < -0.39 is 0 Å². The van der Waals surface area contributed by atoms with Crippen LogP contribution in [0.1, 0.15) is 5.69 Å². The third-order valence-electron chi connectivity index (χ3n) is 2.16. The number of pyridine rings is 1. The number of aromatic nitrogens is 3. The SMILES string of the molecule is Bc1cc(S)c2nc(C)c(B)nc2n1. The summed E-state index contributed by atoms with van der Waals surface area (Å²) >= 11 is 4.36. The van der Waals surface area contributed by atoms with Crippen LogP contribution < -0.4 is 11.2 Å². The summed E-state index contributed by atoms with van der Waals surface area (Å²) in [5, 5.41) is 0. The van der Waals surface area contributed by atoms with Crippen LogP contribution in [-0.4, -0.2) is 30.6 Å². The average molecular weight is 201 g/mol. The summed E-state index contributed by atoms with van der Waals surface area (Å²) in [6.07, 6.45) is 0. The summed E-state index contributed by atoms with van der Waals surface area (Å²) in [5.41, 5.74) is 4.22. The molecular formula is C8H9B2N3S. The van der Waals surface area contributed by atoms with Crippen LogP contribution in [0.2, 0.25) is 0 Å². The highest BCUT2D eigenvalue weighted by molar-refractivity contribution is 7.80. The lowest BCUT2D eigenvalue weighted by atomic mass is 10.0.